The van der Waals surface area contributed by atoms with Crippen LogP contribution in [-0.2, 0) is 19.1 Å². The summed E-state index contributed by atoms with van der Waals surface area (Å²) in [6, 6.07) is 0. The van der Waals surface area contributed by atoms with E-state index in [1.165, 1.54) is 6.92 Å². The molecule has 2 saturated carbocycles. The van der Waals surface area contributed by atoms with Crippen LogP contribution in [0.2, 0.25) is 0 Å². The first-order valence-corrected chi connectivity index (χ1v) is 7.63. The number of ether oxygens (including phenoxy) is 2. The molecule has 4 fully saturated rings. The molecule has 4 aliphatic rings. The highest BCUT2D eigenvalue weighted by atomic mass is 16.6. The summed E-state index contributed by atoms with van der Waals surface area (Å²) in [4.78, 5) is 24.4. The zero-order valence-electron chi connectivity index (χ0n) is 12.5. The predicted octanol–water partition coefficient (Wildman–Crippen LogP) is -0.882. The van der Waals surface area contributed by atoms with Crippen molar-refractivity contribution in [2.24, 2.45) is 16.7 Å². The van der Waals surface area contributed by atoms with Crippen LogP contribution < -0.4 is 0 Å². The van der Waals surface area contributed by atoms with Gasteiger partial charge in [-0.1, -0.05) is 6.92 Å². The van der Waals surface area contributed by atoms with E-state index in [2.05, 4.69) is 0 Å². The van der Waals surface area contributed by atoms with Gasteiger partial charge in [0.2, 0.25) is 0 Å². The second kappa shape index (κ2) is 3.66. The van der Waals surface area contributed by atoms with E-state index in [1.54, 1.807) is 0 Å². The Morgan fingerprint density at radius 2 is 1.95 bits per heavy atom. The maximum Gasteiger partial charge on any atom is 0.321 e. The summed E-state index contributed by atoms with van der Waals surface area (Å²) < 4.78 is 10.2. The van der Waals surface area contributed by atoms with Gasteiger partial charge in [0.25, 0.3) is 0 Å². The van der Waals surface area contributed by atoms with Crippen molar-refractivity contribution in [1.29, 1.82) is 0 Å². The fourth-order valence-electron chi connectivity index (χ4n) is 5.58. The monoisotopic (exact) mass is 312 g/mol. The standard InChI is InChI=1S/C15H20O7/c1-7-3-8(16)15(20)13(7)4-9(22-10(17)5-13)12(2,19)14(15)6-21-11(14)18/h7-9,16,19-20H,3-6H2,1-2H3. The summed E-state index contributed by atoms with van der Waals surface area (Å²) in [6.45, 7) is 3.05. The molecule has 7 heteroatoms. The summed E-state index contributed by atoms with van der Waals surface area (Å²) in [6.07, 6.45) is -1.66. The molecule has 3 N–H and O–H groups in total. The van der Waals surface area contributed by atoms with Gasteiger partial charge in [0.05, 0.1) is 12.5 Å². The third-order valence-corrected chi connectivity index (χ3v) is 6.95. The van der Waals surface area contributed by atoms with Crippen LogP contribution in [0.25, 0.3) is 0 Å². The molecule has 7 nitrogen and oxygen atoms in total. The Hall–Kier alpha value is -1.18. The number of hydrogen-bond donors (Lipinski definition) is 3. The SMILES string of the molecule is CC1CC(O)C2(O)C13CC(=O)OC(C3)C(C)(O)C21COC1=O. The van der Waals surface area contributed by atoms with Gasteiger partial charge in [0, 0.05) is 5.41 Å². The molecule has 7 atom stereocenters. The van der Waals surface area contributed by atoms with Crippen molar-refractivity contribution in [1.82, 2.24) is 0 Å². The molecule has 7 unspecified atom stereocenters. The van der Waals surface area contributed by atoms with Crippen LogP contribution in [0.3, 0.4) is 0 Å². The minimum Gasteiger partial charge on any atom is -0.464 e. The van der Waals surface area contributed by atoms with Crippen molar-refractivity contribution in [2.45, 2.75) is 56.5 Å². The first-order chi connectivity index (χ1) is 10.1. The third-order valence-electron chi connectivity index (χ3n) is 6.95. The Balaban J connectivity index is 2.01. The molecule has 2 bridgehead atoms. The van der Waals surface area contributed by atoms with E-state index in [0.717, 1.165) is 0 Å². The lowest BCUT2D eigenvalue weighted by atomic mass is 9.42. The summed E-state index contributed by atoms with van der Waals surface area (Å²) in [7, 11) is 0. The summed E-state index contributed by atoms with van der Waals surface area (Å²) in [5.74, 6) is -1.43. The average molecular weight is 312 g/mol. The normalized spacial score (nSPS) is 59.6. The summed E-state index contributed by atoms with van der Waals surface area (Å²) in [5.41, 5.74) is -6.32. The van der Waals surface area contributed by atoms with Crippen molar-refractivity contribution < 1.29 is 34.4 Å². The first-order valence-electron chi connectivity index (χ1n) is 7.63. The molecule has 4 rings (SSSR count). The van der Waals surface area contributed by atoms with Crippen molar-refractivity contribution in [3.63, 3.8) is 0 Å². The van der Waals surface area contributed by atoms with E-state index in [4.69, 9.17) is 9.47 Å². The molecular weight excluding hydrogens is 292 g/mol. The van der Waals surface area contributed by atoms with E-state index >= 15 is 0 Å². The zero-order chi connectivity index (χ0) is 16.1. The molecule has 22 heavy (non-hydrogen) atoms. The fraction of sp³-hybridized carbons (Fsp3) is 0.867. The van der Waals surface area contributed by atoms with E-state index in [0.29, 0.717) is 0 Å². The van der Waals surface area contributed by atoms with Crippen LogP contribution in [-0.4, -0.2) is 57.3 Å². The fourth-order valence-corrected chi connectivity index (χ4v) is 5.58. The molecule has 2 heterocycles. The number of aliphatic hydroxyl groups excluding tert-OH is 1. The minimum atomic E-state index is -1.89. The molecule has 122 valence electrons. The quantitative estimate of drug-likeness (QED) is 0.498. The average Bonchev–Trinajstić information content (AvgIpc) is 2.58. The third kappa shape index (κ3) is 1.10. The molecule has 2 aliphatic heterocycles. The van der Waals surface area contributed by atoms with E-state index in [1.807, 2.05) is 6.92 Å². The van der Waals surface area contributed by atoms with Crippen molar-refractivity contribution in [2.75, 3.05) is 6.61 Å². The Morgan fingerprint density at radius 1 is 1.27 bits per heavy atom. The molecule has 0 aromatic heterocycles. The number of fused-ring (bicyclic) bond motifs is 2. The van der Waals surface area contributed by atoms with Gasteiger partial charge in [-0.15, -0.1) is 0 Å². The van der Waals surface area contributed by atoms with Gasteiger partial charge in [-0.25, -0.2) is 0 Å². The Morgan fingerprint density at radius 3 is 2.50 bits per heavy atom. The molecule has 0 amide bonds. The number of aliphatic hydroxyl groups is 3. The van der Waals surface area contributed by atoms with Crippen LogP contribution in [0.5, 0.6) is 0 Å². The lowest BCUT2D eigenvalue weighted by molar-refractivity contribution is -0.358. The van der Waals surface area contributed by atoms with Crippen LogP contribution in [0.15, 0.2) is 0 Å². The molecule has 0 radical (unpaired) electrons. The van der Waals surface area contributed by atoms with Crippen LogP contribution in [0, 0.1) is 16.7 Å². The Bertz CT molecular complexity index is 586. The smallest absolute Gasteiger partial charge is 0.321 e. The Labute approximate surface area is 127 Å². The van der Waals surface area contributed by atoms with Gasteiger partial charge in [0.15, 0.2) is 5.41 Å². The molecule has 2 aliphatic carbocycles. The zero-order valence-corrected chi connectivity index (χ0v) is 12.5. The van der Waals surface area contributed by atoms with Gasteiger partial charge >= 0.3 is 11.9 Å². The largest absolute Gasteiger partial charge is 0.464 e. The highest BCUT2D eigenvalue weighted by Gasteiger charge is 2.87. The van der Waals surface area contributed by atoms with Gasteiger partial charge in [-0.05, 0) is 25.7 Å². The van der Waals surface area contributed by atoms with Crippen LogP contribution in [0.4, 0.5) is 0 Å². The first kappa shape index (κ1) is 14.4. The van der Waals surface area contributed by atoms with Gasteiger partial charge in [-0.2, -0.15) is 0 Å². The van der Waals surface area contributed by atoms with Crippen molar-refractivity contribution >= 4 is 11.9 Å². The van der Waals surface area contributed by atoms with Gasteiger partial charge in [0.1, 0.15) is 23.9 Å². The summed E-state index contributed by atoms with van der Waals surface area (Å²) in [5, 5.41) is 33.1. The number of rotatable bonds is 0. The number of cyclic esters (lactones) is 1. The summed E-state index contributed by atoms with van der Waals surface area (Å²) >= 11 is 0. The molecule has 0 aromatic carbocycles. The van der Waals surface area contributed by atoms with Gasteiger partial charge in [-0.3, -0.25) is 9.59 Å². The highest BCUT2D eigenvalue weighted by molar-refractivity contribution is 5.87. The topological polar surface area (TPSA) is 113 Å². The van der Waals surface area contributed by atoms with Crippen molar-refractivity contribution in [3.05, 3.63) is 0 Å². The lowest BCUT2D eigenvalue weighted by Gasteiger charge is -2.68. The second-order valence-corrected chi connectivity index (χ2v) is 7.56. The number of esters is 2. The predicted molar refractivity (Wildman–Crippen MR) is 70.3 cm³/mol. The lowest BCUT2D eigenvalue weighted by Crippen LogP contribution is -2.85. The van der Waals surface area contributed by atoms with E-state index < -0.39 is 46.2 Å². The highest BCUT2D eigenvalue weighted by Crippen LogP contribution is 2.72. The van der Waals surface area contributed by atoms with E-state index in [-0.39, 0.29) is 31.8 Å². The molecular formula is C15H20O7. The number of carbonyl (C=O) groups excluding carboxylic acids is 2. The maximum atomic E-state index is 12.3. The van der Waals surface area contributed by atoms with Crippen LogP contribution in [0.1, 0.15) is 33.1 Å². The minimum absolute atomic E-state index is 0.0661. The molecule has 2 spiro atoms. The van der Waals surface area contributed by atoms with Gasteiger partial charge < -0.3 is 24.8 Å². The molecule has 2 saturated heterocycles. The number of carbonyl (C=O) groups is 2. The van der Waals surface area contributed by atoms with E-state index in [9.17, 15) is 24.9 Å². The number of hydrogen-bond acceptors (Lipinski definition) is 7. The molecule has 0 aromatic rings. The second-order valence-electron chi connectivity index (χ2n) is 7.56. The van der Waals surface area contributed by atoms with Crippen LogP contribution >= 0.6 is 0 Å². The van der Waals surface area contributed by atoms with Crippen molar-refractivity contribution in [3.8, 4) is 0 Å². The Kier molecular flexibility index (Phi) is 2.40. The maximum absolute atomic E-state index is 12.3.